The summed E-state index contributed by atoms with van der Waals surface area (Å²) < 4.78 is 36.1. The van der Waals surface area contributed by atoms with Gasteiger partial charge in [-0.2, -0.15) is 4.98 Å². The SMILES string of the molecule is COCCN1CCC(NC(=O)Cc2nc(CS(=O)(=O)c3cc(C)c(Cl)cc3C)no2)C(C)(C)C1. The van der Waals surface area contributed by atoms with E-state index in [9.17, 15) is 13.2 Å². The molecule has 1 aromatic carbocycles. The molecule has 0 spiro atoms. The first kappa shape index (κ1) is 26.6. The molecule has 34 heavy (non-hydrogen) atoms. The summed E-state index contributed by atoms with van der Waals surface area (Å²) in [7, 11) is -2.02. The molecule has 9 nitrogen and oxygen atoms in total. The van der Waals surface area contributed by atoms with E-state index in [1.54, 1.807) is 33.1 Å². The van der Waals surface area contributed by atoms with Crippen molar-refractivity contribution in [3.05, 3.63) is 40.0 Å². The highest BCUT2D eigenvalue weighted by atomic mass is 35.5. The second-order valence-electron chi connectivity index (χ2n) is 9.57. The van der Waals surface area contributed by atoms with E-state index < -0.39 is 15.6 Å². The van der Waals surface area contributed by atoms with Crippen molar-refractivity contribution >= 4 is 27.3 Å². The molecule has 3 rings (SSSR count). The first-order valence-corrected chi connectivity index (χ1v) is 13.3. The molecule has 1 fully saturated rings. The number of benzene rings is 1. The minimum atomic E-state index is -3.71. The average Bonchev–Trinajstić information content (AvgIpc) is 3.16. The molecule has 1 N–H and O–H groups in total. The highest BCUT2D eigenvalue weighted by molar-refractivity contribution is 7.90. The zero-order chi connectivity index (χ0) is 25.1. The molecule has 0 aliphatic carbocycles. The summed E-state index contributed by atoms with van der Waals surface area (Å²) in [6.45, 7) is 11.0. The Labute approximate surface area is 206 Å². The molecule has 1 aliphatic rings. The molecule has 188 valence electrons. The van der Waals surface area contributed by atoms with Crippen molar-refractivity contribution in [2.24, 2.45) is 5.41 Å². The molecule has 2 aromatic rings. The molecule has 0 saturated carbocycles. The number of halogens is 1. The smallest absolute Gasteiger partial charge is 0.236 e. The first-order valence-electron chi connectivity index (χ1n) is 11.2. The molecule has 0 bridgehead atoms. The molecule has 1 amide bonds. The van der Waals surface area contributed by atoms with E-state index in [4.69, 9.17) is 20.9 Å². The van der Waals surface area contributed by atoms with Crippen LogP contribution in [0.4, 0.5) is 0 Å². The van der Waals surface area contributed by atoms with Gasteiger partial charge in [0.2, 0.25) is 11.8 Å². The monoisotopic (exact) mass is 512 g/mol. The van der Waals surface area contributed by atoms with Crippen LogP contribution in [0, 0.1) is 19.3 Å². The third kappa shape index (κ3) is 6.56. The normalized spacial score (nSPS) is 18.7. The van der Waals surface area contributed by atoms with Gasteiger partial charge < -0.3 is 19.5 Å². The summed E-state index contributed by atoms with van der Waals surface area (Å²) in [6.07, 6.45) is 0.724. The van der Waals surface area contributed by atoms with Crippen LogP contribution in [0.3, 0.4) is 0 Å². The third-order valence-electron chi connectivity index (χ3n) is 6.19. The van der Waals surface area contributed by atoms with Gasteiger partial charge in [-0.25, -0.2) is 8.42 Å². The Balaban J connectivity index is 1.60. The van der Waals surface area contributed by atoms with Gasteiger partial charge in [0.05, 0.1) is 11.5 Å². The number of aryl methyl sites for hydroxylation is 2. The number of carbonyl (C=O) groups excluding carboxylic acids is 1. The predicted molar refractivity (Wildman–Crippen MR) is 128 cm³/mol. The number of methoxy groups -OCH3 is 1. The maximum atomic E-state index is 12.9. The zero-order valence-corrected chi connectivity index (χ0v) is 21.9. The van der Waals surface area contributed by atoms with Crippen LogP contribution >= 0.6 is 11.6 Å². The Kier molecular flexibility index (Phi) is 8.38. The van der Waals surface area contributed by atoms with Crippen molar-refractivity contribution in [2.45, 2.75) is 57.2 Å². The molecular formula is C23H33ClN4O5S. The van der Waals surface area contributed by atoms with Crippen LogP contribution in [-0.2, 0) is 31.5 Å². The largest absolute Gasteiger partial charge is 0.383 e. The quantitative estimate of drug-likeness (QED) is 0.545. The van der Waals surface area contributed by atoms with Crippen molar-refractivity contribution in [2.75, 3.05) is 33.4 Å². The average molecular weight is 513 g/mol. The van der Waals surface area contributed by atoms with Crippen LogP contribution in [-0.4, -0.2) is 68.8 Å². The van der Waals surface area contributed by atoms with E-state index in [-0.39, 0.29) is 40.4 Å². The molecule has 0 radical (unpaired) electrons. The maximum absolute atomic E-state index is 12.9. The summed E-state index contributed by atoms with van der Waals surface area (Å²) >= 11 is 6.08. The molecule has 1 unspecified atom stereocenters. The number of ether oxygens (including phenoxy) is 1. The van der Waals surface area contributed by atoms with E-state index in [1.165, 1.54) is 0 Å². The highest BCUT2D eigenvalue weighted by Crippen LogP contribution is 2.29. The second kappa shape index (κ2) is 10.7. The summed E-state index contributed by atoms with van der Waals surface area (Å²) in [4.78, 5) is 19.3. The van der Waals surface area contributed by atoms with E-state index >= 15 is 0 Å². The first-order chi connectivity index (χ1) is 15.9. The third-order valence-corrected chi connectivity index (χ3v) is 8.34. The van der Waals surface area contributed by atoms with Crippen molar-refractivity contribution in [3.8, 4) is 0 Å². The van der Waals surface area contributed by atoms with Crippen LogP contribution in [0.5, 0.6) is 0 Å². The van der Waals surface area contributed by atoms with Gasteiger partial charge in [0.15, 0.2) is 15.7 Å². The topological polar surface area (TPSA) is 115 Å². The molecule has 2 heterocycles. The van der Waals surface area contributed by atoms with E-state index in [0.29, 0.717) is 22.8 Å². The van der Waals surface area contributed by atoms with Crippen molar-refractivity contribution in [3.63, 3.8) is 0 Å². The molecular weight excluding hydrogens is 480 g/mol. The lowest BCUT2D eigenvalue weighted by atomic mass is 9.79. The summed E-state index contributed by atoms with van der Waals surface area (Å²) in [5.74, 6) is -0.554. The molecule has 1 aliphatic heterocycles. The number of rotatable bonds is 9. The number of amides is 1. The van der Waals surface area contributed by atoms with Gasteiger partial charge in [0.1, 0.15) is 12.2 Å². The minimum Gasteiger partial charge on any atom is -0.383 e. The van der Waals surface area contributed by atoms with Gasteiger partial charge in [-0.1, -0.05) is 30.6 Å². The van der Waals surface area contributed by atoms with Gasteiger partial charge in [0, 0.05) is 37.8 Å². The van der Waals surface area contributed by atoms with Crippen molar-refractivity contribution in [1.29, 1.82) is 0 Å². The van der Waals surface area contributed by atoms with Crippen molar-refractivity contribution < 1.29 is 22.5 Å². The lowest BCUT2D eigenvalue weighted by molar-refractivity contribution is -0.123. The Hall–Kier alpha value is -2.01. The van der Waals surface area contributed by atoms with Crippen LogP contribution in [0.2, 0.25) is 5.02 Å². The number of likely N-dealkylation sites (tertiary alicyclic amines) is 1. The number of hydrogen-bond donors (Lipinski definition) is 1. The van der Waals surface area contributed by atoms with Crippen LogP contribution < -0.4 is 5.32 Å². The number of nitrogens with one attached hydrogen (secondary N) is 1. The Bertz CT molecular complexity index is 1130. The number of piperidine rings is 1. The Morgan fingerprint density at radius 2 is 2.06 bits per heavy atom. The van der Waals surface area contributed by atoms with Gasteiger partial charge in [0.25, 0.3) is 0 Å². The molecule has 1 atom stereocenters. The van der Waals surface area contributed by atoms with Gasteiger partial charge in [-0.3, -0.25) is 4.79 Å². The summed E-state index contributed by atoms with van der Waals surface area (Å²) in [6, 6.07) is 3.18. The standard InChI is InChI=1S/C23H33ClN4O5S/c1-15-11-18(16(2)10-17(15)24)34(30,31)13-20-26-22(33-27-20)12-21(29)25-19-6-7-28(8-9-32-5)14-23(19,3)4/h10-11,19H,6-9,12-14H2,1-5H3,(H,25,29). The van der Waals surface area contributed by atoms with Crippen LogP contribution in [0.25, 0.3) is 0 Å². The van der Waals surface area contributed by atoms with E-state index in [1.807, 2.05) is 0 Å². The lowest BCUT2D eigenvalue weighted by Gasteiger charge is -2.44. The number of hydrogen-bond acceptors (Lipinski definition) is 8. The van der Waals surface area contributed by atoms with Gasteiger partial charge in [-0.05, 0) is 48.9 Å². The lowest BCUT2D eigenvalue weighted by Crippen LogP contribution is -2.56. The zero-order valence-electron chi connectivity index (χ0n) is 20.4. The fraction of sp³-hybridized carbons (Fsp3) is 0.609. The Morgan fingerprint density at radius 1 is 1.32 bits per heavy atom. The number of carbonyl (C=O) groups is 1. The van der Waals surface area contributed by atoms with Crippen LogP contribution in [0.15, 0.2) is 21.6 Å². The molecule has 11 heteroatoms. The van der Waals surface area contributed by atoms with E-state index in [0.717, 1.165) is 26.1 Å². The highest BCUT2D eigenvalue weighted by Gasteiger charge is 2.36. The van der Waals surface area contributed by atoms with E-state index in [2.05, 4.69) is 34.2 Å². The number of nitrogens with zero attached hydrogens (tertiary/aromatic N) is 3. The summed E-state index contributed by atoms with van der Waals surface area (Å²) in [5, 5.41) is 7.36. The minimum absolute atomic E-state index is 0.0117. The number of sulfone groups is 1. The fourth-order valence-corrected chi connectivity index (χ4v) is 6.02. The Morgan fingerprint density at radius 3 is 2.74 bits per heavy atom. The van der Waals surface area contributed by atoms with Gasteiger partial charge in [-0.15, -0.1) is 0 Å². The number of aromatic nitrogens is 2. The molecule has 1 saturated heterocycles. The molecule has 1 aromatic heterocycles. The van der Waals surface area contributed by atoms with Gasteiger partial charge >= 0.3 is 0 Å². The van der Waals surface area contributed by atoms with Crippen molar-refractivity contribution in [1.82, 2.24) is 20.4 Å². The maximum Gasteiger partial charge on any atom is 0.236 e. The predicted octanol–water partition coefficient (Wildman–Crippen LogP) is 2.72. The fourth-order valence-electron chi connectivity index (χ4n) is 4.29. The summed E-state index contributed by atoms with van der Waals surface area (Å²) in [5.41, 5.74) is 1.11. The van der Waals surface area contributed by atoms with Crippen LogP contribution in [0.1, 0.15) is 43.1 Å². The second-order valence-corrected chi connectivity index (χ2v) is 11.9.